The third-order valence-electron chi connectivity index (χ3n) is 2.65. The van der Waals surface area contributed by atoms with Crippen molar-refractivity contribution in [2.24, 2.45) is 0 Å². The van der Waals surface area contributed by atoms with Crippen molar-refractivity contribution in [2.45, 2.75) is 32.9 Å². The fourth-order valence-electron chi connectivity index (χ4n) is 1.52. The first kappa shape index (κ1) is 15.7. The zero-order valence-electron chi connectivity index (χ0n) is 11.5. The predicted octanol–water partition coefficient (Wildman–Crippen LogP) is 1.55. The Bertz CT molecular complexity index is 424. The Morgan fingerprint density at radius 3 is 2.53 bits per heavy atom. The van der Waals surface area contributed by atoms with Crippen LogP contribution in [-0.4, -0.2) is 40.5 Å². The van der Waals surface area contributed by atoms with E-state index in [9.17, 15) is 9.59 Å². The van der Waals surface area contributed by atoms with Gasteiger partial charge in [-0.15, -0.1) is 11.3 Å². The molecule has 0 aliphatic heterocycles. The second-order valence-electron chi connectivity index (χ2n) is 5.28. The van der Waals surface area contributed by atoms with Gasteiger partial charge in [0, 0.05) is 10.4 Å². The molecular weight excluding hydrogens is 264 g/mol. The number of carbonyl (C=O) groups is 2. The predicted molar refractivity (Wildman–Crippen MR) is 75.1 cm³/mol. The molecule has 0 aliphatic carbocycles. The van der Waals surface area contributed by atoms with E-state index in [1.165, 1.54) is 0 Å². The van der Waals surface area contributed by atoms with Crippen LogP contribution in [0.1, 0.15) is 25.6 Å². The van der Waals surface area contributed by atoms with Crippen molar-refractivity contribution in [1.29, 1.82) is 0 Å². The highest BCUT2D eigenvalue weighted by molar-refractivity contribution is 7.09. The molecule has 0 bridgehead atoms. The molecule has 1 aromatic rings. The molecule has 6 heteroatoms. The number of nitrogens with one attached hydrogen (secondary N) is 1. The minimum absolute atomic E-state index is 0.0845. The number of carboxylic acids is 1. The largest absolute Gasteiger partial charge is 0.480 e. The molecule has 0 spiro atoms. The van der Waals surface area contributed by atoms with Crippen LogP contribution in [0.5, 0.6) is 0 Å². The lowest BCUT2D eigenvalue weighted by Gasteiger charge is -2.33. The third kappa shape index (κ3) is 5.85. The molecule has 5 nitrogen and oxygen atoms in total. The van der Waals surface area contributed by atoms with E-state index in [-0.39, 0.29) is 24.5 Å². The molecule has 1 aromatic heterocycles. The standard InChI is InChI=1S/C13H20N2O3S/c1-13(2,3)15(9-12(17)18)8-11(16)14-7-10-5-4-6-19-10/h4-6H,7-9H2,1-3H3,(H,14,16)(H,17,18). The highest BCUT2D eigenvalue weighted by Gasteiger charge is 2.25. The van der Waals surface area contributed by atoms with Crippen LogP contribution >= 0.6 is 11.3 Å². The Labute approximate surface area is 117 Å². The maximum atomic E-state index is 11.8. The van der Waals surface area contributed by atoms with Crippen molar-refractivity contribution in [2.75, 3.05) is 13.1 Å². The lowest BCUT2D eigenvalue weighted by Crippen LogP contribution is -2.49. The topological polar surface area (TPSA) is 69.6 Å². The van der Waals surface area contributed by atoms with Crippen molar-refractivity contribution < 1.29 is 14.7 Å². The quantitative estimate of drug-likeness (QED) is 0.831. The van der Waals surface area contributed by atoms with E-state index in [1.54, 1.807) is 16.2 Å². The molecule has 1 amide bonds. The number of carboxylic acid groups (broad SMARTS) is 1. The Morgan fingerprint density at radius 1 is 1.37 bits per heavy atom. The van der Waals surface area contributed by atoms with E-state index in [2.05, 4.69) is 5.32 Å². The minimum atomic E-state index is -0.930. The molecule has 0 unspecified atom stereocenters. The number of carbonyl (C=O) groups excluding carboxylic acids is 1. The first-order valence-electron chi connectivity index (χ1n) is 6.05. The van der Waals surface area contributed by atoms with Gasteiger partial charge >= 0.3 is 5.97 Å². The highest BCUT2D eigenvalue weighted by atomic mass is 32.1. The fraction of sp³-hybridized carbons (Fsp3) is 0.538. The van der Waals surface area contributed by atoms with Gasteiger partial charge in [0.05, 0.1) is 19.6 Å². The molecule has 106 valence electrons. The van der Waals surface area contributed by atoms with Gasteiger partial charge in [0.25, 0.3) is 0 Å². The summed E-state index contributed by atoms with van der Waals surface area (Å²) in [5.74, 6) is -1.09. The monoisotopic (exact) mass is 284 g/mol. The van der Waals surface area contributed by atoms with Gasteiger partial charge in [-0.05, 0) is 32.2 Å². The van der Waals surface area contributed by atoms with Crippen molar-refractivity contribution in [1.82, 2.24) is 10.2 Å². The molecule has 19 heavy (non-hydrogen) atoms. The summed E-state index contributed by atoms with van der Waals surface area (Å²) in [4.78, 5) is 25.4. The molecule has 1 rings (SSSR count). The van der Waals surface area contributed by atoms with Gasteiger partial charge in [-0.25, -0.2) is 0 Å². The number of nitrogens with zero attached hydrogens (tertiary/aromatic N) is 1. The van der Waals surface area contributed by atoms with Crippen LogP contribution in [0.4, 0.5) is 0 Å². The molecule has 2 N–H and O–H groups in total. The van der Waals surface area contributed by atoms with Gasteiger partial charge in [0.15, 0.2) is 0 Å². The fourth-order valence-corrected chi connectivity index (χ4v) is 2.17. The Balaban J connectivity index is 2.49. The molecule has 0 atom stereocenters. The average Bonchev–Trinajstić information content (AvgIpc) is 2.76. The van der Waals surface area contributed by atoms with E-state index in [0.717, 1.165) is 4.88 Å². The molecule has 0 radical (unpaired) electrons. The van der Waals surface area contributed by atoms with E-state index in [4.69, 9.17) is 5.11 Å². The van der Waals surface area contributed by atoms with Gasteiger partial charge in [0.2, 0.25) is 5.91 Å². The van der Waals surface area contributed by atoms with Crippen LogP contribution in [0.15, 0.2) is 17.5 Å². The molecular formula is C13H20N2O3S. The SMILES string of the molecule is CC(C)(C)N(CC(=O)O)CC(=O)NCc1cccs1. The lowest BCUT2D eigenvalue weighted by molar-refractivity contribution is -0.140. The first-order chi connectivity index (χ1) is 8.79. The lowest BCUT2D eigenvalue weighted by atomic mass is 10.1. The number of aliphatic carboxylic acids is 1. The number of hydrogen-bond donors (Lipinski definition) is 2. The molecule has 0 aliphatic rings. The van der Waals surface area contributed by atoms with E-state index < -0.39 is 5.97 Å². The van der Waals surface area contributed by atoms with Crippen molar-refractivity contribution in [3.8, 4) is 0 Å². The summed E-state index contributed by atoms with van der Waals surface area (Å²) in [6.07, 6.45) is 0. The molecule has 0 saturated carbocycles. The summed E-state index contributed by atoms with van der Waals surface area (Å²) in [7, 11) is 0. The van der Waals surface area contributed by atoms with Crippen LogP contribution in [-0.2, 0) is 16.1 Å². The normalized spacial score (nSPS) is 11.6. The Hall–Kier alpha value is -1.40. The second kappa shape index (κ2) is 6.68. The van der Waals surface area contributed by atoms with E-state index in [0.29, 0.717) is 6.54 Å². The summed E-state index contributed by atoms with van der Waals surface area (Å²) in [5, 5.41) is 13.6. The number of hydrogen-bond acceptors (Lipinski definition) is 4. The van der Waals surface area contributed by atoms with Crippen LogP contribution < -0.4 is 5.32 Å². The first-order valence-corrected chi connectivity index (χ1v) is 6.93. The average molecular weight is 284 g/mol. The Kier molecular flexibility index (Phi) is 5.50. The van der Waals surface area contributed by atoms with Gasteiger partial charge in [-0.2, -0.15) is 0 Å². The summed E-state index contributed by atoms with van der Waals surface area (Å²) >= 11 is 1.58. The van der Waals surface area contributed by atoms with Crippen LogP contribution in [0.2, 0.25) is 0 Å². The second-order valence-corrected chi connectivity index (χ2v) is 6.31. The van der Waals surface area contributed by atoms with E-state index >= 15 is 0 Å². The molecule has 0 saturated heterocycles. The molecule has 1 heterocycles. The van der Waals surface area contributed by atoms with E-state index in [1.807, 2.05) is 38.3 Å². The third-order valence-corrected chi connectivity index (χ3v) is 3.53. The zero-order valence-corrected chi connectivity index (χ0v) is 12.3. The van der Waals surface area contributed by atoms with Crippen molar-refractivity contribution >= 4 is 23.2 Å². The summed E-state index contributed by atoms with van der Waals surface area (Å²) in [6.45, 7) is 6.10. The molecule has 0 aromatic carbocycles. The van der Waals surface area contributed by atoms with Gasteiger partial charge in [-0.3, -0.25) is 14.5 Å². The van der Waals surface area contributed by atoms with Crippen LogP contribution in [0.3, 0.4) is 0 Å². The highest BCUT2D eigenvalue weighted by Crippen LogP contribution is 2.12. The number of rotatable bonds is 6. The number of thiophene rings is 1. The number of amides is 1. The smallest absolute Gasteiger partial charge is 0.317 e. The van der Waals surface area contributed by atoms with Gasteiger partial charge in [-0.1, -0.05) is 6.07 Å². The zero-order chi connectivity index (χ0) is 14.5. The Morgan fingerprint density at radius 2 is 2.05 bits per heavy atom. The summed E-state index contributed by atoms with van der Waals surface area (Å²) in [5.41, 5.74) is -0.362. The molecule has 0 fully saturated rings. The minimum Gasteiger partial charge on any atom is -0.480 e. The van der Waals surface area contributed by atoms with Gasteiger partial charge < -0.3 is 10.4 Å². The van der Waals surface area contributed by atoms with Crippen molar-refractivity contribution in [3.63, 3.8) is 0 Å². The van der Waals surface area contributed by atoms with Crippen LogP contribution in [0, 0.1) is 0 Å². The summed E-state index contributed by atoms with van der Waals surface area (Å²) < 4.78 is 0. The maximum Gasteiger partial charge on any atom is 0.317 e. The summed E-state index contributed by atoms with van der Waals surface area (Å²) in [6, 6.07) is 3.88. The van der Waals surface area contributed by atoms with Gasteiger partial charge in [0.1, 0.15) is 0 Å². The van der Waals surface area contributed by atoms with Crippen molar-refractivity contribution in [3.05, 3.63) is 22.4 Å². The maximum absolute atomic E-state index is 11.8. The van der Waals surface area contributed by atoms with Crippen LogP contribution in [0.25, 0.3) is 0 Å².